The Hall–Kier alpha value is -1.55. The minimum absolute atomic E-state index is 0.622. The van der Waals surface area contributed by atoms with E-state index in [-0.39, 0.29) is 0 Å². The van der Waals surface area contributed by atoms with Gasteiger partial charge in [-0.05, 0) is 43.4 Å². The summed E-state index contributed by atoms with van der Waals surface area (Å²) < 4.78 is 11.1. The van der Waals surface area contributed by atoms with Crippen molar-refractivity contribution in [2.24, 2.45) is 17.6 Å². The summed E-state index contributed by atoms with van der Waals surface area (Å²) in [5.74, 6) is 2.81. The highest BCUT2D eigenvalue weighted by Crippen LogP contribution is 2.27. The Morgan fingerprint density at radius 1 is 1.30 bits per heavy atom. The average Bonchev–Trinajstić information content (AvgIpc) is 2.85. The fourth-order valence-corrected chi connectivity index (χ4v) is 2.57. The molecule has 2 N–H and O–H groups in total. The second-order valence-corrected chi connectivity index (χ2v) is 5.53. The summed E-state index contributed by atoms with van der Waals surface area (Å²) in [5.41, 5.74) is 7.28. The number of oxazole rings is 1. The third kappa shape index (κ3) is 3.31. The van der Waals surface area contributed by atoms with Crippen LogP contribution in [0.1, 0.15) is 32.6 Å². The molecule has 0 aliphatic carbocycles. The molecule has 0 fully saturated rings. The third-order valence-electron chi connectivity index (χ3n) is 3.86. The van der Waals surface area contributed by atoms with Crippen LogP contribution >= 0.6 is 0 Å². The van der Waals surface area contributed by atoms with E-state index in [1.165, 1.54) is 0 Å². The number of hydrogen-bond acceptors (Lipinski definition) is 4. The molecule has 0 bridgehead atoms. The van der Waals surface area contributed by atoms with Gasteiger partial charge in [0.15, 0.2) is 17.0 Å². The largest absolute Gasteiger partial charge is 0.494 e. The van der Waals surface area contributed by atoms with Gasteiger partial charge in [0.25, 0.3) is 0 Å². The van der Waals surface area contributed by atoms with Crippen molar-refractivity contribution in [2.75, 3.05) is 13.7 Å². The Labute approximate surface area is 120 Å². The molecule has 1 aromatic carbocycles. The van der Waals surface area contributed by atoms with Crippen molar-refractivity contribution in [3.8, 4) is 5.75 Å². The Bertz CT molecular complexity index is 548. The lowest BCUT2D eigenvalue weighted by atomic mass is 9.88. The van der Waals surface area contributed by atoms with Crippen molar-refractivity contribution in [3.63, 3.8) is 0 Å². The van der Waals surface area contributed by atoms with E-state index in [1.807, 2.05) is 18.2 Å². The molecule has 0 radical (unpaired) electrons. The van der Waals surface area contributed by atoms with Crippen LogP contribution in [0.15, 0.2) is 22.6 Å². The molecule has 1 heterocycles. The van der Waals surface area contributed by atoms with E-state index < -0.39 is 0 Å². The highest BCUT2D eigenvalue weighted by atomic mass is 16.5. The highest BCUT2D eigenvalue weighted by molar-refractivity contribution is 5.79. The molecule has 1 unspecified atom stereocenters. The Morgan fingerprint density at radius 2 is 2.10 bits per heavy atom. The van der Waals surface area contributed by atoms with Crippen molar-refractivity contribution in [1.82, 2.24) is 4.98 Å². The third-order valence-corrected chi connectivity index (χ3v) is 3.86. The van der Waals surface area contributed by atoms with Crippen LogP contribution in [0.2, 0.25) is 0 Å². The van der Waals surface area contributed by atoms with E-state index in [0.29, 0.717) is 11.8 Å². The summed E-state index contributed by atoms with van der Waals surface area (Å²) in [6, 6.07) is 5.75. The molecule has 4 heteroatoms. The van der Waals surface area contributed by atoms with Gasteiger partial charge in [0.2, 0.25) is 0 Å². The van der Waals surface area contributed by atoms with Crippen LogP contribution < -0.4 is 10.5 Å². The van der Waals surface area contributed by atoms with Gasteiger partial charge >= 0.3 is 0 Å². The van der Waals surface area contributed by atoms with Crippen molar-refractivity contribution in [1.29, 1.82) is 0 Å². The van der Waals surface area contributed by atoms with Gasteiger partial charge in [-0.1, -0.05) is 19.9 Å². The normalized spacial score (nSPS) is 13.1. The van der Waals surface area contributed by atoms with E-state index in [4.69, 9.17) is 14.9 Å². The summed E-state index contributed by atoms with van der Waals surface area (Å²) >= 11 is 0. The Balaban J connectivity index is 2.10. The molecule has 2 aromatic rings. The molecular weight excluding hydrogens is 252 g/mol. The summed E-state index contributed by atoms with van der Waals surface area (Å²) in [5, 5.41) is 0. The number of nitrogens with two attached hydrogens (primary N) is 1. The van der Waals surface area contributed by atoms with Crippen LogP contribution in [0, 0.1) is 11.8 Å². The van der Waals surface area contributed by atoms with Crippen molar-refractivity contribution in [2.45, 2.75) is 33.1 Å². The van der Waals surface area contributed by atoms with Gasteiger partial charge in [-0.3, -0.25) is 0 Å². The fourth-order valence-electron chi connectivity index (χ4n) is 2.57. The minimum atomic E-state index is 0.622. The maximum absolute atomic E-state index is 5.80. The summed E-state index contributed by atoms with van der Waals surface area (Å²) in [4.78, 5) is 4.55. The number of aryl methyl sites for hydroxylation is 1. The number of para-hydroxylation sites is 1. The van der Waals surface area contributed by atoms with Crippen molar-refractivity contribution >= 4 is 11.1 Å². The van der Waals surface area contributed by atoms with Crippen LogP contribution in [0.5, 0.6) is 5.75 Å². The van der Waals surface area contributed by atoms with Gasteiger partial charge in [-0.25, -0.2) is 4.98 Å². The second-order valence-electron chi connectivity index (χ2n) is 5.53. The maximum atomic E-state index is 5.80. The standard InChI is InChI=1S/C16H24N2O2/c1-11(2)12(9-10-17)7-8-15-18-16-13(19-3)5-4-6-14(16)20-15/h4-6,11-12H,7-10,17H2,1-3H3. The molecule has 4 nitrogen and oxygen atoms in total. The molecule has 1 atom stereocenters. The SMILES string of the molecule is COc1cccc2oc(CCC(CCN)C(C)C)nc12. The Kier molecular flexibility index (Phi) is 5.01. The molecule has 0 saturated carbocycles. The highest BCUT2D eigenvalue weighted by Gasteiger charge is 2.15. The number of methoxy groups -OCH3 is 1. The lowest BCUT2D eigenvalue weighted by Crippen LogP contribution is -2.15. The van der Waals surface area contributed by atoms with E-state index in [2.05, 4.69) is 18.8 Å². The zero-order valence-corrected chi connectivity index (χ0v) is 12.6. The maximum Gasteiger partial charge on any atom is 0.195 e. The first kappa shape index (κ1) is 14.9. The number of ether oxygens (including phenoxy) is 1. The number of fused-ring (bicyclic) bond motifs is 1. The first-order valence-electron chi connectivity index (χ1n) is 7.28. The topological polar surface area (TPSA) is 61.3 Å². The molecule has 2 rings (SSSR count). The van der Waals surface area contributed by atoms with Crippen LogP contribution in [0.3, 0.4) is 0 Å². The van der Waals surface area contributed by atoms with E-state index >= 15 is 0 Å². The molecule has 20 heavy (non-hydrogen) atoms. The summed E-state index contributed by atoms with van der Waals surface area (Å²) in [6.07, 6.45) is 2.96. The lowest BCUT2D eigenvalue weighted by Gasteiger charge is -2.18. The van der Waals surface area contributed by atoms with Gasteiger partial charge in [-0.15, -0.1) is 0 Å². The van der Waals surface area contributed by atoms with Gasteiger partial charge in [0.1, 0.15) is 5.75 Å². The molecular formula is C16H24N2O2. The van der Waals surface area contributed by atoms with E-state index in [0.717, 1.165) is 48.5 Å². The average molecular weight is 276 g/mol. The molecule has 0 saturated heterocycles. The minimum Gasteiger partial charge on any atom is -0.494 e. The van der Waals surface area contributed by atoms with E-state index in [1.54, 1.807) is 7.11 Å². The molecule has 0 amide bonds. The van der Waals surface area contributed by atoms with Crippen molar-refractivity contribution < 1.29 is 9.15 Å². The molecule has 110 valence electrons. The van der Waals surface area contributed by atoms with Crippen LogP contribution in [-0.2, 0) is 6.42 Å². The number of nitrogens with zero attached hydrogens (tertiary/aromatic N) is 1. The number of rotatable bonds is 7. The monoisotopic (exact) mass is 276 g/mol. The van der Waals surface area contributed by atoms with Crippen LogP contribution in [-0.4, -0.2) is 18.6 Å². The first-order chi connectivity index (χ1) is 9.65. The van der Waals surface area contributed by atoms with E-state index in [9.17, 15) is 0 Å². The number of aromatic nitrogens is 1. The molecule has 0 spiro atoms. The molecule has 0 aliphatic heterocycles. The second kappa shape index (κ2) is 6.75. The van der Waals surface area contributed by atoms with Gasteiger partial charge in [0, 0.05) is 6.42 Å². The first-order valence-corrected chi connectivity index (χ1v) is 7.28. The lowest BCUT2D eigenvalue weighted by molar-refractivity contribution is 0.330. The summed E-state index contributed by atoms with van der Waals surface area (Å²) in [7, 11) is 1.65. The van der Waals surface area contributed by atoms with Crippen LogP contribution in [0.25, 0.3) is 11.1 Å². The molecule has 0 aliphatic rings. The number of hydrogen-bond donors (Lipinski definition) is 1. The quantitative estimate of drug-likeness (QED) is 0.842. The predicted molar refractivity (Wildman–Crippen MR) is 80.9 cm³/mol. The van der Waals surface area contributed by atoms with Crippen molar-refractivity contribution in [3.05, 3.63) is 24.1 Å². The summed E-state index contributed by atoms with van der Waals surface area (Å²) in [6.45, 7) is 5.23. The number of benzene rings is 1. The fraction of sp³-hybridized carbons (Fsp3) is 0.562. The Morgan fingerprint density at radius 3 is 2.75 bits per heavy atom. The zero-order chi connectivity index (χ0) is 14.5. The van der Waals surface area contributed by atoms with Gasteiger partial charge in [0.05, 0.1) is 7.11 Å². The zero-order valence-electron chi connectivity index (χ0n) is 12.6. The van der Waals surface area contributed by atoms with Gasteiger partial charge < -0.3 is 14.9 Å². The smallest absolute Gasteiger partial charge is 0.195 e. The predicted octanol–water partition coefficient (Wildman–Crippen LogP) is 3.39. The van der Waals surface area contributed by atoms with Gasteiger partial charge in [-0.2, -0.15) is 0 Å². The van der Waals surface area contributed by atoms with Crippen LogP contribution in [0.4, 0.5) is 0 Å². The molecule has 1 aromatic heterocycles.